The van der Waals surface area contributed by atoms with Crippen molar-refractivity contribution in [3.05, 3.63) is 29.8 Å². The Balaban J connectivity index is 3.37. The maximum absolute atomic E-state index is 12.4. The Kier molecular flexibility index (Phi) is 4.02. The Morgan fingerprint density at radius 2 is 1.78 bits per heavy atom. The second kappa shape index (κ2) is 4.85. The molecule has 1 rings (SSSR count). The molecular formula is C12H18N2O2S2. The molecule has 0 fully saturated rings. The van der Waals surface area contributed by atoms with E-state index < -0.39 is 14.8 Å². The van der Waals surface area contributed by atoms with Crippen LogP contribution in [0.15, 0.2) is 24.3 Å². The van der Waals surface area contributed by atoms with Gasteiger partial charge in [0.1, 0.15) is 4.99 Å². The number of nitrogens with two attached hydrogens (primary N) is 1. The standard InChI is InChI=1S/C12H18N2O2S2/c1-12(2,3)18(15,16)14(4)10-8-6-5-7-9(10)11(13)17/h5-8H,1-4H3,(H2,13,17). The number of hydrogen-bond acceptors (Lipinski definition) is 3. The number of hydrogen-bond donors (Lipinski definition) is 1. The van der Waals surface area contributed by atoms with Gasteiger partial charge in [0.15, 0.2) is 0 Å². The van der Waals surface area contributed by atoms with Gasteiger partial charge in [-0.25, -0.2) is 8.42 Å². The molecule has 0 bridgehead atoms. The Morgan fingerprint density at radius 3 is 2.22 bits per heavy atom. The summed E-state index contributed by atoms with van der Waals surface area (Å²) < 4.78 is 25.1. The molecule has 100 valence electrons. The zero-order valence-electron chi connectivity index (χ0n) is 11.0. The van der Waals surface area contributed by atoms with Crippen molar-refractivity contribution in [1.82, 2.24) is 0 Å². The van der Waals surface area contributed by atoms with Gasteiger partial charge in [0.2, 0.25) is 10.0 Å². The molecule has 4 nitrogen and oxygen atoms in total. The molecule has 0 saturated heterocycles. The largest absolute Gasteiger partial charge is 0.389 e. The quantitative estimate of drug-likeness (QED) is 0.862. The lowest BCUT2D eigenvalue weighted by molar-refractivity contribution is 0.558. The van der Waals surface area contributed by atoms with Gasteiger partial charge in [0.05, 0.1) is 10.4 Å². The van der Waals surface area contributed by atoms with Crippen LogP contribution in [0.1, 0.15) is 26.3 Å². The molecule has 0 aliphatic heterocycles. The van der Waals surface area contributed by atoms with Crippen LogP contribution >= 0.6 is 12.2 Å². The minimum atomic E-state index is -3.47. The summed E-state index contributed by atoms with van der Waals surface area (Å²) in [7, 11) is -1.96. The number of sulfonamides is 1. The lowest BCUT2D eigenvalue weighted by Gasteiger charge is -2.29. The van der Waals surface area contributed by atoms with E-state index in [-0.39, 0.29) is 4.99 Å². The van der Waals surface area contributed by atoms with Crippen molar-refractivity contribution < 1.29 is 8.42 Å². The molecule has 0 aromatic heterocycles. The summed E-state index contributed by atoms with van der Waals surface area (Å²) in [6.07, 6.45) is 0. The van der Waals surface area contributed by atoms with Gasteiger partial charge in [0, 0.05) is 12.6 Å². The van der Waals surface area contributed by atoms with Crippen LogP contribution in [0.4, 0.5) is 5.69 Å². The summed E-state index contributed by atoms with van der Waals surface area (Å²) in [5.74, 6) is 0. The highest BCUT2D eigenvalue weighted by Gasteiger charge is 2.34. The summed E-state index contributed by atoms with van der Waals surface area (Å²) in [6, 6.07) is 6.94. The molecule has 0 aliphatic rings. The SMILES string of the molecule is CN(c1ccccc1C(N)=S)S(=O)(=O)C(C)(C)C. The fourth-order valence-electron chi connectivity index (χ4n) is 1.50. The van der Waals surface area contributed by atoms with Gasteiger partial charge in [-0.3, -0.25) is 4.31 Å². The van der Waals surface area contributed by atoms with Crippen LogP contribution in [-0.2, 0) is 10.0 Å². The van der Waals surface area contributed by atoms with E-state index in [0.717, 1.165) is 0 Å². The van der Waals surface area contributed by atoms with Crippen LogP contribution in [-0.4, -0.2) is 25.2 Å². The van der Waals surface area contributed by atoms with E-state index in [0.29, 0.717) is 11.3 Å². The molecule has 0 saturated carbocycles. The van der Waals surface area contributed by atoms with Crippen molar-refractivity contribution in [2.75, 3.05) is 11.4 Å². The molecule has 0 atom stereocenters. The molecule has 0 heterocycles. The highest BCUT2D eigenvalue weighted by atomic mass is 32.2. The first kappa shape index (κ1) is 14.9. The van der Waals surface area contributed by atoms with Crippen molar-refractivity contribution >= 4 is 32.9 Å². The van der Waals surface area contributed by atoms with Gasteiger partial charge in [-0.2, -0.15) is 0 Å². The number of benzene rings is 1. The van der Waals surface area contributed by atoms with Crippen LogP contribution in [0.3, 0.4) is 0 Å². The molecular weight excluding hydrogens is 268 g/mol. The fraction of sp³-hybridized carbons (Fsp3) is 0.417. The van der Waals surface area contributed by atoms with Crippen molar-refractivity contribution in [3.63, 3.8) is 0 Å². The second-order valence-corrected chi connectivity index (χ2v) is 8.13. The molecule has 0 radical (unpaired) electrons. The molecule has 0 unspecified atom stereocenters. The van der Waals surface area contributed by atoms with E-state index in [9.17, 15) is 8.42 Å². The van der Waals surface area contributed by atoms with Gasteiger partial charge < -0.3 is 5.73 Å². The first-order chi connectivity index (χ1) is 8.09. The topological polar surface area (TPSA) is 63.4 Å². The van der Waals surface area contributed by atoms with Crippen molar-refractivity contribution in [2.45, 2.75) is 25.5 Å². The molecule has 2 N–H and O–H groups in total. The summed E-state index contributed by atoms with van der Waals surface area (Å²) in [4.78, 5) is 0.182. The average Bonchev–Trinajstić information content (AvgIpc) is 2.26. The Morgan fingerprint density at radius 1 is 1.28 bits per heavy atom. The van der Waals surface area contributed by atoms with Crippen molar-refractivity contribution in [3.8, 4) is 0 Å². The number of rotatable bonds is 3. The fourth-order valence-corrected chi connectivity index (χ4v) is 2.91. The lowest BCUT2D eigenvalue weighted by atomic mass is 10.2. The van der Waals surface area contributed by atoms with E-state index in [1.807, 2.05) is 0 Å². The van der Waals surface area contributed by atoms with Gasteiger partial charge in [0.25, 0.3) is 0 Å². The van der Waals surface area contributed by atoms with Gasteiger partial charge in [-0.05, 0) is 32.9 Å². The first-order valence-electron chi connectivity index (χ1n) is 5.46. The smallest absolute Gasteiger partial charge is 0.239 e. The zero-order chi connectivity index (χ0) is 14.1. The minimum absolute atomic E-state index is 0.182. The summed E-state index contributed by atoms with van der Waals surface area (Å²) >= 11 is 4.94. The van der Waals surface area contributed by atoms with E-state index in [4.69, 9.17) is 18.0 Å². The van der Waals surface area contributed by atoms with Crippen LogP contribution in [0, 0.1) is 0 Å². The Bertz CT molecular complexity index is 560. The molecule has 0 spiro atoms. The number of thiocarbonyl (C=S) groups is 1. The summed E-state index contributed by atoms with van der Waals surface area (Å²) in [6.45, 7) is 4.96. The monoisotopic (exact) mass is 286 g/mol. The molecule has 18 heavy (non-hydrogen) atoms. The Labute approximate surface area is 114 Å². The van der Waals surface area contributed by atoms with E-state index >= 15 is 0 Å². The molecule has 0 amide bonds. The third-order valence-electron chi connectivity index (χ3n) is 2.64. The van der Waals surface area contributed by atoms with Crippen LogP contribution in [0.2, 0.25) is 0 Å². The second-order valence-electron chi connectivity index (χ2n) is 4.97. The van der Waals surface area contributed by atoms with Crippen LogP contribution in [0.25, 0.3) is 0 Å². The number of para-hydroxylation sites is 1. The first-order valence-corrected chi connectivity index (χ1v) is 7.31. The predicted octanol–water partition coefficient (Wildman–Crippen LogP) is 1.89. The van der Waals surface area contributed by atoms with Crippen LogP contribution in [0.5, 0.6) is 0 Å². The molecule has 1 aromatic rings. The maximum Gasteiger partial charge on any atom is 0.239 e. The average molecular weight is 286 g/mol. The minimum Gasteiger partial charge on any atom is -0.389 e. The zero-order valence-corrected chi connectivity index (χ0v) is 12.6. The third-order valence-corrected chi connectivity index (χ3v) is 5.33. The molecule has 0 aliphatic carbocycles. The lowest BCUT2D eigenvalue weighted by Crippen LogP contribution is -2.41. The maximum atomic E-state index is 12.4. The third kappa shape index (κ3) is 2.64. The van der Waals surface area contributed by atoms with Gasteiger partial charge in [-0.1, -0.05) is 24.4 Å². The van der Waals surface area contributed by atoms with Crippen LogP contribution < -0.4 is 10.0 Å². The highest BCUT2D eigenvalue weighted by molar-refractivity contribution is 7.94. The molecule has 1 aromatic carbocycles. The summed E-state index contributed by atoms with van der Waals surface area (Å²) in [5, 5.41) is 0. The van der Waals surface area contributed by atoms with Crippen molar-refractivity contribution in [2.24, 2.45) is 5.73 Å². The predicted molar refractivity (Wildman–Crippen MR) is 79.4 cm³/mol. The van der Waals surface area contributed by atoms with Gasteiger partial charge in [-0.15, -0.1) is 0 Å². The van der Waals surface area contributed by atoms with E-state index in [1.54, 1.807) is 45.0 Å². The number of nitrogens with zero attached hydrogens (tertiary/aromatic N) is 1. The molecule has 6 heteroatoms. The summed E-state index contributed by atoms with van der Waals surface area (Å²) in [5.41, 5.74) is 6.67. The highest BCUT2D eigenvalue weighted by Crippen LogP contribution is 2.27. The van der Waals surface area contributed by atoms with E-state index in [2.05, 4.69) is 0 Å². The van der Waals surface area contributed by atoms with E-state index in [1.165, 1.54) is 11.4 Å². The Hall–Kier alpha value is -1.14. The normalized spacial score (nSPS) is 12.2. The van der Waals surface area contributed by atoms with Crippen molar-refractivity contribution in [1.29, 1.82) is 0 Å². The van der Waals surface area contributed by atoms with Gasteiger partial charge >= 0.3 is 0 Å². The number of anilines is 1.